The number of nitrogens with one attached hydrogen (secondary N) is 4. The van der Waals surface area contributed by atoms with Gasteiger partial charge in [-0.05, 0) is 56.7 Å². The van der Waals surface area contributed by atoms with Crippen LogP contribution in [0, 0.1) is 11.6 Å². The average Bonchev–Trinajstić information content (AvgIpc) is 2.67. The summed E-state index contributed by atoms with van der Waals surface area (Å²) in [7, 11) is 0. The summed E-state index contributed by atoms with van der Waals surface area (Å²) in [4.78, 5) is 16.2. The highest BCUT2D eigenvalue weighted by Crippen LogP contribution is 2.11. The minimum atomic E-state index is -0.485. The molecule has 0 bridgehead atoms. The number of guanidine groups is 1. The molecular weight excluding hydrogens is 376 g/mol. The fraction of sp³-hybridized carbons (Fsp3) is 0.333. The molecule has 0 aromatic heterocycles. The topological polar surface area (TPSA) is 77.5 Å². The van der Waals surface area contributed by atoms with Crippen LogP contribution in [0.3, 0.4) is 0 Å². The highest BCUT2D eigenvalue weighted by molar-refractivity contribution is 5.89. The summed E-state index contributed by atoms with van der Waals surface area (Å²) in [6, 6.07) is 10.5. The smallest absolute Gasteiger partial charge is 0.319 e. The van der Waals surface area contributed by atoms with Crippen LogP contribution >= 0.6 is 0 Å². The zero-order valence-electron chi connectivity index (χ0n) is 16.9. The average molecular weight is 403 g/mol. The van der Waals surface area contributed by atoms with Gasteiger partial charge in [0.2, 0.25) is 0 Å². The van der Waals surface area contributed by atoms with E-state index in [4.69, 9.17) is 0 Å². The van der Waals surface area contributed by atoms with Crippen LogP contribution in [0.1, 0.15) is 31.9 Å². The maximum absolute atomic E-state index is 13.8. The monoisotopic (exact) mass is 403 g/mol. The van der Waals surface area contributed by atoms with E-state index in [1.807, 2.05) is 32.9 Å². The van der Waals surface area contributed by atoms with Crippen LogP contribution in [-0.4, -0.2) is 24.6 Å². The SMILES string of the molecule is CCNC(=NCc1ccc(NC(=O)NC(C)C)cc1)NCc1cc(F)ccc1F. The molecule has 0 atom stereocenters. The molecule has 0 spiro atoms. The van der Waals surface area contributed by atoms with E-state index in [0.717, 1.165) is 23.8 Å². The summed E-state index contributed by atoms with van der Waals surface area (Å²) >= 11 is 0. The fourth-order valence-electron chi connectivity index (χ4n) is 2.49. The van der Waals surface area contributed by atoms with Crippen molar-refractivity contribution >= 4 is 17.7 Å². The minimum Gasteiger partial charge on any atom is -0.357 e. The van der Waals surface area contributed by atoms with Gasteiger partial charge in [0.1, 0.15) is 11.6 Å². The van der Waals surface area contributed by atoms with Crippen LogP contribution in [0.5, 0.6) is 0 Å². The van der Waals surface area contributed by atoms with Gasteiger partial charge in [-0.25, -0.2) is 18.6 Å². The first-order valence-electron chi connectivity index (χ1n) is 9.50. The number of rotatable bonds is 7. The Morgan fingerprint density at radius 2 is 1.79 bits per heavy atom. The number of benzene rings is 2. The van der Waals surface area contributed by atoms with Gasteiger partial charge in [0.25, 0.3) is 0 Å². The number of halogens is 2. The summed E-state index contributed by atoms with van der Waals surface area (Å²) in [6.45, 7) is 6.83. The quantitative estimate of drug-likeness (QED) is 0.420. The predicted octanol–water partition coefficient (Wildman–Crippen LogP) is 3.75. The Morgan fingerprint density at radius 3 is 2.45 bits per heavy atom. The van der Waals surface area contributed by atoms with Crippen LogP contribution in [0.4, 0.5) is 19.3 Å². The van der Waals surface area contributed by atoms with Crippen molar-refractivity contribution in [2.45, 2.75) is 39.9 Å². The molecule has 2 aromatic carbocycles. The maximum atomic E-state index is 13.8. The highest BCUT2D eigenvalue weighted by atomic mass is 19.1. The number of hydrogen-bond acceptors (Lipinski definition) is 2. The Bertz CT molecular complexity index is 837. The normalized spacial score (nSPS) is 11.3. The van der Waals surface area contributed by atoms with E-state index < -0.39 is 11.6 Å². The maximum Gasteiger partial charge on any atom is 0.319 e. The molecule has 2 amide bonds. The number of anilines is 1. The molecule has 0 saturated heterocycles. The summed E-state index contributed by atoms with van der Waals surface area (Å²) in [5, 5.41) is 11.6. The molecule has 8 heteroatoms. The summed E-state index contributed by atoms with van der Waals surface area (Å²) in [6.07, 6.45) is 0. The van der Waals surface area contributed by atoms with Crippen LogP contribution in [0.15, 0.2) is 47.5 Å². The number of aliphatic imine (C=N–C) groups is 1. The standard InChI is InChI=1S/C21H27F2N5O/c1-4-24-20(26-13-16-11-17(22)7-10-19(16)23)25-12-15-5-8-18(9-6-15)28-21(29)27-14(2)3/h5-11,14H,4,12-13H2,1-3H3,(H2,24,25,26)(H2,27,28,29). The van der Waals surface area contributed by atoms with Crippen LogP contribution in [-0.2, 0) is 13.1 Å². The first-order chi connectivity index (χ1) is 13.9. The molecule has 2 aromatic rings. The molecule has 0 radical (unpaired) electrons. The molecule has 4 N–H and O–H groups in total. The molecule has 6 nitrogen and oxygen atoms in total. The van der Waals surface area contributed by atoms with Gasteiger partial charge in [-0.15, -0.1) is 0 Å². The molecule has 0 heterocycles. The first kappa shape index (κ1) is 22.1. The molecule has 0 saturated carbocycles. The van der Waals surface area contributed by atoms with E-state index in [2.05, 4.69) is 26.3 Å². The van der Waals surface area contributed by atoms with Gasteiger partial charge < -0.3 is 21.3 Å². The number of urea groups is 1. The molecule has 2 rings (SSSR count). The van der Waals surface area contributed by atoms with Gasteiger partial charge in [0, 0.05) is 30.4 Å². The van der Waals surface area contributed by atoms with E-state index in [9.17, 15) is 13.6 Å². The van der Waals surface area contributed by atoms with Gasteiger partial charge in [-0.3, -0.25) is 0 Å². The minimum absolute atomic E-state index is 0.0569. The molecule has 0 aliphatic rings. The van der Waals surface area contributed by atoms with Crippen molar-refractivity contribution in [3.63, 3.8) is 0 Å². The van der Waals surface area contributed by atoms with Gasteiger partial charge in [0.15, 0.2) is 5.96 Å². The zero-order valence-corrected chi connectivity index (χ0v) is 16.9. The molecule has 29 heavy (non-hydrogen) atoms. The van der Waals surface area contributed by atoms with Crippen molar-refractivity contribution in [2.24, 2.45) is 4.99 Å². The molecule has 156 valence electrons. The second kappa shape index (κ2) is 11.0. The molecule has 0 unspecified atom stereocenters. The number of nitrogens with zero attached hydrogens (tertiary/aromatic N) is 1. The Morgan fingerprint density at radius 1 is 1.07 bits per heavy atom. The second-order valence-corrected chi connectivity index (χ2v) is 6.73. The van der Waals surface area contributed by atoms with Crippen LogP contribution in [0.25, 0.3) is 0 Å². The molecule has 0 aliphatic heterocycles. The molecule has 0 fully saturated rings. The zero-order chi connectivity index (χ0) is 21.2. The fourth-order valence-corrected chi connectivity index (χ4v) is 2.49. The Kier molecular flexibility index (Phi) is 8.39. The first-order valence-corrected chi connectivity index (χ1v) is 9.50. The third-order valence-corrected chi connectivity index (χ3v) is 3.85. The number of amides is 2. The Balaban J connectivity index is 1.95. The lowest BCUT2D eigenvalue weighted by Crippen LogP contribution is -2.37. The van der Waals surface area contributed by atoms with E-state index >= 15 is 0 Å². The number of hydrogen-bond donors (Lipinski definition) is 4. The van der Waals surface area contributed by atoms with E-state index in [-0.39, 0.29) is 24.2 Å². The van der Waals surface area contributed by atoms with Crippen LogP contribution < -0.4 is 21.3 Å². The van der Waals surface area contributed by atoms with Gasteiger partial charge in [-0.1, -0.05) is 12.1 Å². The lowest BCUT2D eigenvalue weighted by Gasteiger charge is -2.12. The van der Waals surface area contributed by atoms with Crippen molar-refractivity contribution < 1.29 is 13.6 Å². The predicted molar refractivity (Wildman–Crippen MR) is 112 cm³/mol. The molecular formula is C21H27F2N5O. The second-order valence-electron chi connectivity index (χ2n) is 6.73. The Labute approximate surface area is 169 Å². The van der Waals surface area contributed by atoms with Gasteiger partial charge in [-0.2, -0.15) is 0 Å². The van der Waals surface area contributed by atoms with Crippen molar-refractivity contribution in [3.8, 4) is 0 Å². The van der Waals surface area contributed by atoms with E-state index in [1.54, 1.807) is 12.1 Å². The lowest BCUT2D eigenvalue weighted by atomic mass is 10.2. The van der Waals surface area contributed by atoms with Gasteiger partial charge in [0.05, 0.1) is 6.54 Å². The molecule has 0 aliphatic carbocycles. The van der Waals surface area contributed by atoms with Crippen molar-refractivity contribution in [2.75, 3.05) is 11.9 Å². The number of carbonyl (C=O) groups excluding carboxylic acids is 1. The van der Waals surface area contributed by atoms with Crippen molar-refractivity contribution in [1.29, 1.82) is 0 Å². The third-order valence-electron chi connectivity index (χ3n) is 3.85. The summed E-state index contributed by atoms with van der Waals surface area (Å²) < 4.78 is 27.0. The van der Waals surface area contributed by atoms with Crippen molar-refractivity contribution in [3.05, 3.63) is 65.2 Å². The Hall–Kier alpha value is -3.16. The van der Waals surface area contributed by atoms with E-state index in [0.29, 0.717) is 24.7 Å². The van der Waals surface area contributed by atoms with E-state index in [1.165, 1.54) is 0 Å². The number of carbonyl (C=O) groups is 1. The van der Waals surface area contributed by atoms with Crippen molar-refractivity contribution in [1.82, 2.24) is 16.0 Å². The van der Waals surface area contributed by atoms with Gasteiger partial charge >= 0.3 is 6.03 Å². The highest BCUT2D eigenvalue weighted by Gasteiger charge is 2.06. The summed E-state index contributed by atoms with van der Waals surface area (Å²) in [5.74, 6) is -0.463. The lowest BCUT2D eigenvalue weighted by molar-refractivity contribution is 0.250. The van der Waals surface area contributed by atoms with Crippen LogP contribution in [0.2, 0.25) is 0 Å². The summed E-state index contributed by atoms with van der Waals surface area (Å²) in [5.41, 5.74) is 1.85. The third kappa shape index (κ3) is 7.77. The largest absolute Gasteiger partial charge is 0.357 e.